The fraction of sp³-hybridized carbons (Fsp3) is 0.474. The van der Waals surface area contributed by atoms with Gasteiger partial charge in [-0.3, -0.25) is 4.79 Å². The number of ether oxygens (including phenoxy) is 2. The van der Waals surface area contributed by atoms with Crippen LogP contribution in [-0.2, 0) is 41.1 Å². The Morgan fingerprint density at radius 1 is 0.772 bits per heavy atom. The number of piperidine rings is 1. The molecule has 0 aliphatic carbocycles. The first kappa shape index (κ1) is 43.8. The van der Waals surface area contributed by atoms with Crippen molar-refractivity contribution in [2.75, 3.05) is 32.8 Å². The Bertz CT molecular complexity index is 2030. The van der Waals surface area contributed by atoms with Gasteiger partial charge in [0.2, 0.25) is 5.91 Å². The third kappa shape index (κ3) is 8.06. The number of benzene rings is 3. The maximum Gasteiger partial charge on any atom is 0.430 e. The molecular weight excluding hydrogens is 799 g/mol. The summed E-state index contributed by atoms with van der Waals surface area (Å²) in [6.45, 7) is 1.47. The predicted molar refractivity (Wildman–Crippen MR) is 184 cm³/mol. The highest BCUT2D eigenvalue weighted by molar-refractivity contribution is 7.92. The van der Waals surface area contributed by atoms with Gasteiger partial charge in [0, 0.05) is 37.3 Å². The van der Waals surface area contributed by atoms with Gasteiger partial charge in [-0.05, 0) is 82.0 Å². The molecule has 0 saturated carbocycles. The average Bonchev–Trinajstić information content (AvgIpc) is 3.59. The van der Waals surface area contributed by atoms with Gasteiger partial charge in [0.15, 0.2) is 9.84 Å². The van der Waals surface area contributed by atoms with E-state index in [-0.39, 0.29) is 38.0 Å². The highest BCUT2D eigenvalue weighted by Gasteiger charge is 2.73. The fourth-order valence-corrected chi connectivity index (χ4v) is 9.30. The van der Waals surface area contributed by atoms with Crippen LogP contribution in [0.1, 0.15) is 56.7 Å². The Morgan fingerprint density at radius 3 is 1.79 bits per heavy atom. The fourth-order valence-electron chi connectivity index (χ4n) is 7.22. The zero-order valence-corrected chi connectivity index (χ0v) is 31.6. The number of nitrogens with zero attached hydrogens (tertiary/aromatic N) is 2. The molecule has 0 spiro atoms. The van der Waals surface area contributed by atoms with Crippen LogP contribution in [0.25, 0.3) is 0 Å². The lowest BCUT2D eigenvalue weighted by Crippen LogP contribution is -2.56. The molecule has 2 aliphatic heterocycles. The number of rotatable bonds is 9. The minimum Gasteiger partial charge on any atom is -0.444 e. The molecule has 57 heavy (non-hydrogen) atoms. The molecule has 2 amide bonds. The van der Waals surface area contributed by atoms with Crippen LogP contribution in [0, 0.1) is 22.9 Å². The number of carbonyl (C=O) groups is 2. The monoisotopic (exact) mass is 838 g/mol. The number of carbonyl (C=O) groups excluding carboxylic acids is 2. The molecule has 2 saturated heterocycles. The van der Waals surface area contributed by atoms with E-state index in [2.05, 4.69) is 4.74 Å². The van der Waals surface area contributed by atoms with Gasteiger partial charge in [0.25, 0.3) is 5.60 Å². The van der Waals surface area contributed by atoms with Crippen molar-refractivity contribution in [3.63, 3.8) is 0 Å². The molecule has 3 aromatic carbocycles. The number of aliphatic hydroxyl groups excluding tert-OH is 1. The van der Waals surface area contributed by atoms with Crippen molar-refractivity contribution < 1.29 is 72.1 Å². The van der Waals surface area contributed by atoms with Crippen molar-refractivity contribution in [1.82, 2.24) is 9.80 Å². The summed E-state index contributed by atoms with van der Waals surface area (Å²) in [6, 6.07) is 7.65. The molecule has 312 valence electrons. The quantitative estimate of drug-likeness (QED) is 0.175. The number of sulfone groups is 1. The summed E-state index contributed by atoms with van der Waals surface area (Å²) in [6.07, 6.45) is -13.8. The van der Waals surface area contributed by atoms with Crippen molar-refractivity contribution in [2.45, 2.75) is 79.8 Å². The van der Waals surface area contributed by atoms with Gasteiger partial charge in [-0.2, -0.15) is 26.3 Å². The van der Waals surface area contributed by atoms with E-state index in [1.54, 1.807) is 20.8 Å². The summed E-state index contributed by atoms with van der Waals surface area (Å²) in [5.74, 6) is -4.45. The summed E-state index contributed by atoms with van der Waals surface area (Å²) in [5, 5.41) is 10.5. The molecule has 0 bridgehead atoms. The number of aliphatic hydroxyl groups is 1. The Balaban J connectivity index is 1.54. The topological polar surface area (TPSA) is 113 Å². The van der Waals surface area contributed by atoms with Gasteiger partial charge >= 0.3 is 18.4 Å². The molecule has 19 heteroatoms. The third-order valence-electron chi connectivity index (χ3n) is 10.4. The van der Waals surface area contributed by atoms with Crippen LogP contribution < -0.4 is 0 Å². The van der Waals surface area contributed by atoms with E-state index in [1.165, 1.54) is 4.90 Å². The van der Waals surface area contributed by atoms with E-state index in [0.29, 0.717) is 36.4 Å². The second-order valence-electron chi connectivity index (χ2n) is 15.1. The van der Waals surface area contributed by atoms with Crippen LogP contribution in [0.5, 0.6) is 0 Å². The normalized spacial score (nSPS) is 19.5. The highest BCUT2D eigenvalue weighted by atomic mass is 32.2. The number of hydrogen-bond donors (Lipinski definition) is 1. The number of alkyl halides is 6. The molecule has 2 fully saturated rings. The Kier molecular flexibility index (Phi) is 11.8. The molecule has 9 nitrogen and oxygen atoms in total. The van der Waals surface area contributed by atoms with Crippen molar-refractivity contribution in [3.8, 4) is 0 Å². The smallest absolute Gasteiger partial charge is 0.430 e. The Labute approximate surface area is 322 Å². The van der Waals surface area contributed by atoms with Gasteiger partial charge in [0.1, 0.15) is 27.8 Å². The number of amides is 2. The SMILES string of the molecule is CC(C)(C)OC(=O)N1CCC(CO)(C(=O)N2CC[C@](c3ccc(C(OCc4c(F)cccc4F)(C(F)(F)F)C(F)(F)F)cc3)(S(=O)(=O)c3ccc(F)cc3)C2)CC1. The van der Waals surface area contributed by atoms with E-state index in [4.69, 9.17) is 4.74 Å². The maximum atomic E-state index is 14.7. The van der Waals surface area contributed by atoms with E-state index < -0.39 is 115 Å². The number of hydrogen-bond acceptors (Lipinski definition) is 7. The lowest BCUT2D eigenvalue weighted by Gasteiger charge is -2.42. The molecule has 1 N–H and O–H groups in total. The second-order valence-corrected chi connectivity index (χ2v) is 17.3. The first-order chi connectivity index (χ1) is 26.3. The van der Waals surface area contributed by atoms with Gasteiger partial charge in [-0.15, -0.1) is 0 Å². The predicted octanol–water partition coefficient (Wildman–Crippen LogP) is 7.55. The van der Waals surface area contributed by atoms with Crippen LogP contribution in [-0.4, -0.2) is 86.1 Å². The summed E-state index contributed by atoms with van der Waals surface area (Å²) < 4.78 is 167. The standard InChI is InChI=1S/C38H39F9N2O7S/c1-33(2,3)56-32(52)48-18-15-34(23-50,16-19-48)31(51)49-20-17-35(22-49,57(53,54)27-13-11-26(39)12-14-27)24-7-9-25(10-8-24)36(37(42,43)44,38(45,46)47)55-21-28-29(40)5-4-6-30(28)41/h4-14,50H,15-23H2,1-3H3/t35-/m0/s1. The third-order valence-corrected chi connectivity index (χ3v) is 12.9. The molecule has 0 aromatic heterocycles. The maximum absolute atomic E-state index is 14.7. The van der Waals surface area contributed by atoms with E-state index in [0.717, 1.165) is 35.2 Å². The van der Waals surface area contributed by atoms with Crippen LogP contribution in [0.3, 0.4) is 0 Å². The molecule has 2 heterocycles. The highest BCUT2D eigenvalue weighted by Crippen LogP contribution is 2.54. The van der Waals surface area contributed by atoms with Gasteiger partial charge in [0.05, 0.1) is 23.5 Å². The summed E-state index contributed by atoms with van der Waals surface area (Å²) in [4.78, 5) is 28.9. The first-order valence-electron chi connectivity index (χ1n) is 17.5. The van der Waals surface area contributed by atoms with Gasteiger partial charge < -0.3 is 24.4 Å². The minimum absolute atomic E-state index is 0.0126. The van der Waals surface area contributed by atoms with Crippen molar-refractivity contribution >= 4 is 21.8 Å². The second kappa shape index (κ2) is 15.4. The van der Waals surface area contributed by atoms with E-state index in [1.807, 2.05) is 0 Å². The average molecular weight is 839 g/mol. The molecular formula is C38H39F9N2O7S. The van der Waals surface area contributed by atoms with Gasteiger partial charge in [-0.1, -0.05) is 30.3 Å². The summed E-state index contributed by atoms with van der Waals surface area (Å²) in [7, 11) is -4.74. The van der Waals surface area contributed by atoms with E-state index >= 15 is 0 Å². The zero-order valence-electron chi connectivity index (χ0n) is 30.8. The summed E-state index contributed by atoms with van der Waals surface area (Å²) >= 11 is 0. The first-order valence-corrected chi connectivity index (χ1v) is 19.0. The Morgan fingerprint density at radius 2 is 1.30 bits per heavy atom. The van der Waals surface area contributed by atoms with E-state index in [9.17, 15) is 62.6 Å². The molecule has 0 radical (unpaired) electrons. The van der Waals surface area contributed by atoms with Crippen LogP contribution >= 0.6 is 0 Å². The molecule has 0 unspecified atom stereocenters. The largest absolute Gasteiger partial charge is 0.444 e. The summed E-state index contributed by atoms with van der Waals surface area (Å²) in [5.41, 5.74) is -10.6. The molecule has 5 rings (SSSR count). The van der Waals surface area contributed by atoms with Crippen LogP contribution in [0.4, 0.5) is 44.3 Å². The van der Waals surface area contributed by atoms with Crippen molar-refractivity contribution in [2.24, 2.45) is 5.41 Å². The van der Waals surface area contributed by atoms with Crippen molar-refractivity contribution in [1.29, 1.82) is 0 Å². The zero-order chi connectivity index (χ0) is 42.4. The lowest BCUT2D eigenvalue weighted by molar-refractivity contribution is -0.392. The number of halogens is 9. The molecule has 3 aromatic rings. The Hall–Kier alpha value is -4.36. The van der Waals surface area contributed by atoms with Crippen LogP contribution in [0.2, 0.25) is 0 Å². The number of likely N-dealkylation sites (tertiary alicyclic amines) is 2. The van der Waals surface area contributed by atoms with Gasteiger partial charge in [-0.25, -0.2) is 26.4 Å². The van der Waals surface area contributed by atoms with Crippen LogP contribution in [0.15, 0.2) is 71.6 Å². The minimum atomic E-state index is -6.28. The molecule has 1 atom stereocenters. The van der Waals surface area contributed by atoms with Crippen molar-refractivity contribution in [3.05, 3.63) is 101 Å². The lowest BCUT2D eigenvalue weighted by atomic mass is 9.77. The molecule has 2 aliphatic rings.